The molecule has 2 heterocycles. The third kappa shape index (κ3) is 5.02. The molecule has 1 atom stereocenters. The molecule has 0 radical (unpaired) electrons. The van der Waals surface area contributed by atoms with Gasteiger partial charge in [0, 0.05) is 17.7 Å². The van der Waals surface area contributed by atoms with Crippen LogP contribution in [0.4, 0.5) is 0 Å². The van der Waals surface area contributed by atoms with Crippen molar-refractivity contribution in [3.05, 3.63) is 83.3 Å². The van der Waals surface area contributed by atoms with Crippen LogP contribution < -0.4 is 19.7 Å². The lowest BCUT2D eigenvalue weighted by Gasteiger charge is -2.19. The summed E-state index contributed by atoms with van der Waals surface area (Å²) in [6, 6.07) is 20.1. The summed E-state index contributed by atoms with van der Waals surface area (Å²) in [5, 5.41) is 2.85. The topological polar surface area (TPSA) is 65.1 Å². The van der Waals surface area contributed by atoms with Crippen molar-refractivity contribution in [2.45, 2.75) is 33.0 Å². The maximum Gasteiger partial charge on any atom is 0.286 e. The van der Waals surface area contributed by atoms with E-state index in [0.29, 0.717) is 18.8 Å². The molecular formula is C24H27N2O4+. The Kier molecular flexibility index (Phi) is 6.35. The molecule has 1 aliphatic heterocycles. The standard InChI is InChI=1S/C24H26N2O4/c1-2-12-25-24(27)22-11-9-20(30-22)16-26(14-18-6-4-3-5-7-18)15-19-8-10-21-23(13-19)29-17-28-21/h3-11,13H,2,12,14-17H2,1H3,(H,25,27)/p+1. The van der Waals surface area contributed by atoms with Crippen LogP contribution >= 0.6 is 0 Å². The summed E-state index contributed by atoms with van der Waals surface area (Å²) in [6.07, 6.45) is 0.893. The zero-order chi connectivity index (χ0) is 20.8. The Balaban J connectivity index is 1.49. The van der Waals surface area contributed by atoms with Gasteiger partial charge in [-0.1, -0.05) is 37.3 Å². The fourth-order valence-electron chi connectivity index (χ4n) is 3.58. The minimum Gasteiger partial charge on any atom is -0.454 e. The first-order valence-electron chi connectivity index (χ1n) is 10.3. The van der Waals surface area contributed by atoms with Crippen molar-refractivity contribution in [2.75, 3.05) is 13.3 Å². The molecule has 4 rings (SSSR count). The number of ether oxygens (including phenoxy) is 2. The molecule has 3 aromatic rings. The number of carbonyl (C=O) groups is 1. The van der Waals surface area contributed by atoms with Crippen molar-refractivity contribution in [3.63, 3.8) is 0 Å². The Morgan fingerprint density at radius 3 is 2.57 bits per heavy atom. The number of hydrogen-bond acceptors (Lipinski definition) is 4. The van der Waals surface area contributed by atoms with E-state index in [1.54, 1.807) is 6.07 Å². The molecule has 156 valence electrons. The van der Waals surface area contributed by atoms with Crippen LogP contribution in [0.1, 0.15) is 40.8 Å². The lowest BCUT2D eigenvalue weighted by molar-refractivity contribution is -0.942. The number of amides is 1. The second kappa shape index (κ2) is 9.50. The first-order chi connectivity index (χ1) is 14.7. The van der Waals surface area contributed by atoms with E-state index in [9.17, 15) is 4.79 Å². The Morgan fingerprint density at radius 1 is 0.933 bits per heavy atom. The van der Waals surface area contributed by atoms with Crippen LogP contribution in [0.2, 0.25) is 0 Å². The number of fused-ring (bicyclic) bond motifs is 1. The van der Waals surface area contributed by atoms with Crippen LogP contribution in [0.25, 0.3) is 0 Å². The maximum atomic E-state index is 12.2. The largest absolute Gasteiger partial charge is 0.454 e. The number of rotatable bonds is 9. The summed E-state index contributed by atoms with van der Waals surface area (Å²) >= 11 is 0. The number of nitrogens with one attached hydrogen (secondary N) is 2. The number of hydrogen-bond donors (Lipinski definition) is 2. The van der Waals surface area contributed by atoms with Crippen molar-refractivity contribution in [1.82, 2.24) is 5.32 Å². The van der Waals surface area contributed by atoms with E-state index < -0.39 is 0 Å². The SMILES string of the molecule is CCCNC(=O)c1ccc(C[NH+](Cc2ccccc2)Cc2ccc3c(c2)OCO3)o1. The van der Waals surface area contributed by atoms with E-state index in [1.807, 2.05) is 31.2 Å². The smallest absolute Gasteiger partial charge is 0.286 e. The van der Waals surface area contributed by atoms with E-state index in [-0.39, 0.29) is 12.7 Å². The second-order valence-electron chi connectivity index (χ2n) is 7.48. The van der Waals surface area contributed by atoms with Gasteiger partial charge in [0.25, 0.3) is 5.91 Å². The molecule has 1 unspecified atom stereocenters. The van der Waals surface area contributed by atoms with Gasteiger partial charge in [0.1, 0.15) is 19.6 Å². The number of carbonyl (C=O) groups excluding carboxylic acids is 1. The summed E-state index contributed by atoms with van der Waals surface area (Å²) < 4.78 is 16.8. The van der Waals surface area contributed by atoms with Crippen LogP contribution in [-0.4, -0.2) is 19.2 Å². The average molecular weight is 407 g/mol. The van der Waals surface area contributed by atoms with Gasteiger partial charge in [-0.25, -0.2) is 0 Å². The van der Waals surface area contributed by atoms with Crippen molar-refractivity contribution < 1.29 is 23.6 Å². The molecule has 0 spiro atoms. The molecule has 6 heteroatoms. The zero-order valence-corrected chi connectivity index (χ0v) is 17.1. The molecule has 0 bridgehead atoms. The quantitative estimate of drug-likeness (QED) is 0.573. The monoisotopic (exact) mass is 407 g/mol. The second-order valence-corrected chi connectivity index (χ2v) is 7.48. The first kappa shape index (κ1) is 20.0. The summed E-state index contributed by atoms with van der Waals surface area (Å²) in [6.45, 7) is 5.25. The number of quaternary nitrogens is 1. The molecule has 2 aromatic carbocycles. The van der Waals surface area contributed by atoms with Gasteiger partial charge in [0.15, 0.2) is 23.0 Å². The van der Waals surface area contributed by atoms with Gasteiger partial charge >= 0.3 is 0 Å². The molecule has 30 heavy (non-hydrogen) atoms. The third-order valence-corrected chi connectivity index (χ3v) is 5.03. The fourth-order valence-corrected chi connectivity index (χ4v) is 3.58. The number of benzene rings is 2. The normalized spacial score (nSPS) is 13.2. The molecule has 6 nitrogen and oxygen atoms in total. The summed E-state index contributed by atoms with van der Waals surface area (Å²) in [5.41, 5.74) is 2.42. The Bertz CT molecular complexity index is 984. The predicted octanol–water partition coefficient (Wildman–Crippen LogP) is 2.93. The lowest BCUT2D eigenvalue weighted by Crippen LogP contribution is -3.08. The Hall–Kier alpha value is -3.25. The van der Waals surface area contributed by atoms with Crippen molar-refractivity contribution in [1.29, 1.82) is 0 Å². The van der Waals surface area contributed by atoms with Gasteiger partial charge in [-0.15, -0.1) is 0 Å². The van der Waals surface area contributed by atoms with Gasteiger partial charge < -0.3 is 24.1 Å². The third-order valence-electron chi connectivity index (χ3n) is 5.03. The average Bonchev–Trinajstić information content (AvgIpc) is 3.42. The highest BCUT2D eigenvalue weighted by molar-refractivity contribution is 5.91. The molecule has 0 saturated heterocycles. The minimum atomic E-state index is -0.163. The van der Waals surface area contributed by atoms with Gasteiger partial charge in [-0.2, -0.15) is 0 Å². The number of furan rings is 1. The van der Waals surface area contributed by atoms with Crippen LogP contribution in [0, 0.1) is 0 Å². The molecule has 1 aromatic heterocycles. The van der Waals surface area contributed by atoms with E-state index in [1.165, 1.54) is 10.5 Å². The lowest BCUT2D eigenvalue weighted by atomic mass is 10.1. The fraction of sp³-hybridized carbons (Fsp3) is 0.292. The minimum absolute atomic E-state index is 0.163. The van der Waals surface area contributed by atoms with Crippen LogP contribution in [0.15, 0.2) is 65.1 Å². The van der Waals surface area contributed by atoms with Gasteiger partial charge in [0.05, 0.1) is 0 Å². The van der Waals surface area contributed by atoms with Crippen molar-refractivity contribution in [2.24, 2.45) is 0 Å². The molecule has 1 aliphatic rings. The van der Waals surface area contributed by atoms with Gasteiger partial charge in [-0.3, -0.25) is 4.79 Å². The van der Waals surface area contributed by atoms with E-state index >= 15 is 0 Å². The summed E-state index contributed by atoms with van der Waals surface area (Å²) in [5.74, 6) is 2.57. The molecule has 1 amide bonds. The van der Waals surface area contributed by atoms with Crippen molar-refractivity contribution >= 4 is 5.91 Å². The van der Waals surface area contributed by atoms with Crippen molar-refractivity contribution in [3.8, 4) is 11.5 Å². The maximum absolute atomic E-state index is 12.2. The predicted molar refractivity (Wildman–Crippen MR) is 112 cm³/mol. The Labute approximate surface area is 176 Å². The Morgan fingerprint density at radius 2 is 1.73 bits per heavy atom. The van der Waals surface area contributed by atoms with Crippen LogP contribution in [0.3, 0.4) is 0 Å². The van der Waals surface area contributed by atoms with E-state index in [2.05, 4.69) is 35.6 Å². The van der Waals surface area contributed by atoms with Crippen LogP contribution in [0.5, 0.6) is 11.5 Å². The van der Waals surface area contributed by atoms with Gasteiger partial charge in [0.2, 0.25) is 6.79 Å². The zero-order valence-electron chi connectivity index (χ0n) is 17.1. The van der Waals surface area contributed by atoms with E-state index in [0.717, 1.165) is 42.3 Å². The molecule has 2 N–H and O–H groups in total. The van der Waals surface area contributed by atoms with Gasteiger partial charge in [-0.05, 0) is 36.8 Å². The molecule has 0 fully saturated rings. The van der Waals surface area contributed by atoms with E-state index in [4.69, 9.17) is 13.9 Å². The molecule has 0 saturated carbocycles. The van der Waals surface area contributed by atoms with Crippen LogP contribution in [-0.2, 0) is 19.6 Å². The highest BCUT2D eigenvalue weighted by atomic mass is 16.7. The highest BCUT2D eigenvalue weighted by Crippen LogP contribution is 2.32. The molecular weight excluding hydrogens is 380 g/mol. The molecule has 0 aliphatic carbocycles. The first-order valence-corrected chi connectivity index (χ1v) is 10.3. The summed E-state index contributed by atoms with van der Waals surface area (Å²) in [7, 11) is 0. The summed E-state index contributed by atoms with van der Waals surface area (Å²) in [4.78, 5) is 13.5. The highest BCUT2D eigenvalue weighted by Gasteiger charge is 2.19.